The van der Waals surface area contributed by atoms with Gasteiger partial charge in [-0.25, -0.2) is 14.2 Å². The van der Waals surface area contributed by atoms with Crippen LogP contribution in [0.25, 0.3) is 0 Å². The number of hydrogen-bond donors (Lipinski definition) is 1. The molecule has 0 bridgehead atoms. The van der Waals surface area contributed by atoms with Crippen LogP contribution >= 0.6 is 15.9 Å². The minimum atomic E-state index is -1.29. The van der Waals surface area contributed by atoms with Gasteiger partial charge in [0.1, 0.15) is 11.9 Å². The molecular formula is C18H20BrFN4O2. The number of carboxylic acid groups (broad SMARTS) is 1. The number of nitrogens with zero attached hydrogens (tertiary/aromatic N) is 4. The van der Waals surface area contributed by atoms with Crippen LogP contribution in [0.4, 0.5) is 9.18 Å². The SMILES string of the molecule is CC(C)(C)N(C(=O)O)C(C)(Cn1ccnc1C#N)c1cc(Br)ccc1F. The lowest BCUT2D eigenvalue weighted by atomic mass is 9.85. The molecule has 1 unspecified atom stereocenters. The van der Waals surface area contributed by atoms with Gasteiger partial charge < -0.3 is 9.67 Å². The van der Waals surface area contributed by atoms with E-state index < -0.39 is 23.0 Å². The third-order valence-corrected chi connectivity index (χ3v) is 4.65. The molecule has 8 heteroatoms. The number of amides is 1. The standard InChI is InChI=1S/C18H20BrFN4O2/c1-17(2,3)24(16(25)26)18(4,11-23-8-7-22-15(23)10-21)13-9-12(19)5-6-14(13)20/h5-9H,11H2,1-4H3,(H,25,26). The van der Waals surface area contributed by atoms with Gasteiger partial charge in [-0.1, -0.05) is 15.9 Å². The lowest BCUT2D eigenvalue weighted by Crippen LogP contribution is -2.58. The van der Waals surface area contributed by atoms with Gasteiger partial charge in [0.2, 0.25) is 5.82 Å². The summed E-state index contributed by atoms with van der Waals surface area (Å²) in [6, 6.07) is 6.38. The van der Waals surface area contributed by atoms with Gasteiger partial charge in [-0.2, -0.15) is 5.26 Å². The molecular weight excluding hydrogens is 403 g/mol. The Hall–Kier alpha value is -2.40. The third kappa shape index (κ3) is 3.73. The quantitative estimate of drug-likeness (QED) is 0.793. The van der Waals surface area contributed by atoms with Crippen LogP contribution in [0.1, 0.15) is 39.1 Å². The fourth-order valence-corrected chi connectivity index (χ4v) is 3.67. The van der Waals surface area contributed by atoms with Crippen LogP contribution in [0.5, 0.6) is 0 Å². The van der Waals surface area contributed by atoms with Crippen LogP contribution in [0.3, 0.4) is 0 Å². The molecule has 1 aromatic carbocycles. The van der Waals surface area contributed by atoms with Gasteiger partial charge in [-0.05, 0) is 45.9 Å². The van der Waals surface area contributed by atoms with E-state index >= 15 is 0 Å². The second kappa shape index (κ2) is 7.08. The summed E-state index contributed by atoms with van der Waals surface area (Å²) in [6.45, 7) is 6.92. The van der Waals surface area contributed by atoms with E-state index in [1.807, 2.05) is 6.07 Å². The zero-order chi connectivity index (χ0) is 19.7. The first-order valence-electron chi connectivity index (χ1n) is 7.90. The van der Waals surface area contributed by atoms with Crippen LogP contribution in [0, 0.1) is 17.1 Å². The van der Waals surface area contributed by atoms with Crippen molar-refractivity contribution >= 4 is 22.0 Å². The molecule has 1 atom stereocenters. The van der Waals surface area contributed by atoms with E-state index in [0.717, 1.165) is 0 Å². The van der Waals surface area contributed by atoms with Gasteiger partial charge in [0.05, 0.1) is 12.1 Å². The molecule has 1 aromatic heterocycles. The number of hydrogen-bond acceptors (Lipinski definition) is 3. The monoisotopic (exact) mass is 422 g/mol. The predicted molar refractivity (Wildman–Crippen MR) is 98.0 cm³/mol. The van der Waals surface area contributed by atoms with Gasteiger partial charge in [0, 0.05) is 28.0 Å². The minimum Gasteiger partial charge on any atom is -0.465 e. The van der Waals surface area contributed by atoms with Gasteiger partial charge in [0.25, 0.3) is 0 Å². The highest BCUT2D eigenvalue weighted by Crippen LogP contribution is 2.38. The molecule has 0 aliphatic carbocycles. The normalized spacial score (nSPS) is 13.7. The zero-order valence-electron chi connectivity index (χ0n) is 15.0. The first kappa shape index (κ1) is 19.9. The average Bonchev–Trinajstić information content (AvgIpc) is 2.94. The molecule has 0 spiro atoms. The molecule has 0 radical (unpaired) electrons. The molecule has 0 saturated carbocycles. The molecule has 0 fully saturated rings. The summed E-state index contributed by atoms with van der Waals surface area (Å²) in [4.78, 5) is 17.3. The maximum Gasteiger partial charge on any atom is 0.408 e. The van der Waals surface area contributed by atoms with Crippen LogP contribution in [0.2, 0.25) is 0 Å². The Labute approximate surface area is 160 Å². The van der Waals surface area contributed by atoms with E-state index in [-0.39, 0.29) is 17.9 Å². The van der Waals surface area contributed by atoms with Crippen molar-refractivity contribution in [2.75, 3.05) is 0 Å². The molecule has 1 amide bonds. The number of halogens is 2. The number of aromatic nitrogens is 2. The van der Waals surface area contributed by atoms with Gasteiger partial charge in [-0.3, -0.25) is 4.90 Å². The van der Waals surface area contributed by atoms with E-state index in [2.05, 4.69) is 20.9 Å². The fourth-order valence-electron chi connectivity index (χ4n) is 3.31. The Bertz CT molecular complexity index is 869. The fraction of sp³-hybridized carbons (Fsp3) is 0.389. The Morgan fingerprint density at radius 2 is 2.08 bits per heavy atom. The van der Waals surface area contributed by atoms with Crippen molar-refractivity contribution in [2.24, 2.45) is 0 Å². The van der Waals surface area contributed by atoms with E-state index in [9.17, 15) is 19.6 Å². The van der Waals surface area contributed by atoms with Crippen molar-refractivity contribution in [3.63, 3.8) is 0 Å². The molecule has 0 aliphatic heterocycles. The first-order valence-corrected chi connectivity index (χ1v) is 8.70. The molecule has 138 valence electrons. The molecule has 2 rings (SSSR count). The van der Waals surface area contributed by atoms with Gasteiger partial charge >= 0.3 is 6.09 Å². The molecule has 1 N–H and O–H groups in total. The molecule has 0 saturated heterocycles. The zero-order valence-corrected chi connectivity index (χ0v) is 16.6. The lowest BCUT2D eigenvalue weighted by molar-refractivity contribution is 0.0108. The summed E-state index contributed by atoms with van der Waals surface area (Å²) in [5, 5.41) is 19.2. The Kier molecular flexibility index (Phi) is 5.42. The Balaban J connectivity index is 2.74. The van der Waals surface area contributed by atoms with Crippen LogP contribution in [-0.4, -0.2) is 31.2 Å². The van der Waals surface area contributed by atoms with Crippen LogP contribution < -0.4 is 0 Å². The van der Waals surface area contributed by atoms with Gasteiger partial charge in [-0.15, -0.1) is 0 Å². The number of imidazole rings is 1. The summed E-state index contributed by atoms with van der Waals surface area (Å²) < 4.78 is 16.9. The molecule has 1 heterocycles. The summed E-state index contributed by atoms with van der Waals surface area (Å²) >= 11 is 3.33. The van der Waals surface area contributed by atoms with Crippen molar-refractivity contribution in [3.05, 3.63) is 52.3 Å². The van der Waals surface area contributed by atoms with Crippen LogP contribution in [0.15, 0.2) is 35.1 Å². The summed E-state index contributed by atoms with van der Waals surface area (Å²) in [6.07, 6.45) is 1.85. The lowest BCUT2D eigenvalue weighted by Gasteiger charge is -2.47. The van der Waals surface area contributed by atoms with Crippen molar-refractivity contribution in [1.29, 1.82) is 5.26 Å². The molecule has 0 aliphatic rings. The van der Waals surface area contributed by atoms with Crippen molar-refractivity contribution in [1.82, 2.24) is 14.5 Å². The topological polar surface area (TPSA) is 82.2 Å². The highest BCUT2D eigenvalue weighted by Gasteiger charge is 2.45. The average molecular weight is 423 g/mol. The molecule has 26 heavy (non-hydrogen) atoms. The van der Waals surface area contributed by atoms with Crippen LogP contribution in [-0.2, 0) is 12.1 Å². The first-order chi connectivity index (χ1) is 12.0. The highest BCUT2D eigenvalue weighted by molar-refractivity contribution is 9.10. The number of carbonyl (C=O) groups is 1. The van der Waals surface area contributed by atoms with Crippen molar-refractivity contribution < 1.29 is 14.3 Å². The smallest absolute Gasteiger partial charge is 0.408 e. The third-order valence-electron chi connectivity index (χ3n) is 4.16. The molecule has 6 nitrogen and oxygen atoms in total. The van der Waals surface area contributed by atoms with Gasteiger partial charge in [0.15, 0.2) is 0 Å². The Morgan fingerprint density at radius 3 is 2.62 bits per heavy atom. The van der Waals surface area contributed by atoms with Crippen molar-refractivity contribution in [3.8, 4) is 6.07 Å². The summed E-state index contributed by atoms with van der Waals surface area (Å²) in [5.74, 6) is -0.393. The number of nitriles is 1. The number of rotatable bonds is 4. The number of benzene rings is 1. The second-order valence-electron chi connectivity index (χ2n) is 7.18. The van der Waals surface area contributed by atoms with E-state index in [1.165, 1.54) is 21.7 Å². The largest absolute Gasteiger partial charge is 0.465 e. The summed E-state index contributed by atoms with van der Waals surface area (Å²) in [5.41, 5.74) is -1.89. The molecule has 2 aromatic rings. The highest BCUT2D eigenvalue weighted by atomic mass is 79.9. The maximum atomic E-state index is 14.8. The summed E-state index contributed by atoms with van der Waals surface area (Å²) in [7, 11) is 0. The minimum absolute atomic E-state index is 0.0346. The Morgan fingerprint density at radius 1 is 1.42 bits per heavy atom. The predicted octanol–water partition coefficient (Wildman–Crippen LogP) is 4.35. The van der Waals surface area contributed by atoms with E-state index in [1.54, 1.807) is 46.0 Å². The van der Waals surface area contributed by atoms with E-state index in [4.69, 9.17) is 0 Å². The second-order valence-corrected chi connectivity index (χ2v) is 8.09. The maximum absolute atomic E-state index is 14.8. The van der Waals surface area contributed by atoms with Crippen molar-refractivity contribution in [2.45, 2.75) is 45.3 Å². The van der Waals surface area contributed by atoms with E-state index in [0.29, 0.717) is 4.47 Å².